The van der Waals surface area contributed by atoms with Gasteiger partial charge in [-0.3, -0.25) is 0 Å². The molecule has 2 aromatic heterocycles. The van der Waals surface area contributed by atoms with Gasteiger partial charge in [0.1, 0.15) is 23.8 Å². The van der Waals surface area contributed by atoms with E-state index < -0.39 is 0 Å². The molecule has 1 atom stereocenters. The normalized spacial score (nSPS) is 19.5. The maximum absolute atomic E-state index is 4.78. The van der Waals surface area contributed by atoms with E-state index in [0.717, 1.165) is 43.4 Å². The van der Waals surface area contributed by atoms with E-state index in [1.165, 1.54) is 0 Å². The fourth-order valence-electron chi connectivity index (χ4n) is 2.94. The Balaban J connectivity index is 1.82. The summed E-state index contributed by atoms with van der Waals surface area (Å²) in [7, 11) is 2.01. The highest BCUT2D eigenvalue weighted by atomic mass is 15.3. The van der Waals surface area contributed by atoms with Crippen LogP contribution in [0.5, 0.6) is 0 Å². The second kappa shape index (κ2) is 5.66. The quantitative estimate of drug-likeness (QED) is 0.851. The predicted octanol–water partition coefficient (Wildman–Crippen LogP) is 2.29. The van der Waals surface area contributed by atoms with Crippen molar-refractivity contribution in [2.75, 3.05) is 18.0 Å². The third-order valence-corrected chi connectivity index (χ3v) is 4.17. The zero-order chi connectivity index (χ0) is 15.7. The molecule has 0 N–H and O–H groups in total. The van der Waals surface area contributed by atoms with Crippen LogP contribution in [0, 0.1) is 0 Å². The molecule has 1 unspecified atom stereocenters. The zero-order valence-corrected chi connectivity index (χ0v) is 13.8. The lowest BCUT2D eigenvalue weighted by molar-refractivity contribution is 0.474. The molecule has 0 bridgehead atoms. The van der Waals surface area contributed by atoms with Gasteiger partial charge in [-0.05, 0) is 18.9 Å². The van der Waals surface area contributed by atoms with E-state index in [4.69, 9.17) is 4.98 Å². The number of aryl methyl sites for hydroxylation is 1. The average molecular weight is 300 g/mol. The van der Waals surface area contributed by atoms with Crippen molar-refractivity contribution < 1.29 is 0 Å². The van der Waals surface area contributed by atoms with Crippen LogP contribution in [0.1, 0.15) is 51.2 Å². The van der Waals surface area contributed by atoms with Gasteiger partial charge in [-0.1, -0.05) is 20.8 Å². The van der Waals surface area contributed by atoms with Gasteiger partial charge in [0.25, 0.3) is 0 Å². The Morgan fingerprint density at radius 2 is 2.09 bits per heavy atom. The van der Waals surface area contributed by atoms with Crippen molar-refractivity contribution in [3.05, 3.63) is 30.2 Å². The summed E-state index contributed by atoms with van der Waals surface area (Å²) in [6.45, 7) is 8.40. The number of hydrogen-bond donors (Lipinski definition) is 0. The molecule has 22 heavy (non-hydrogen) atoms. The molecule has 0 aromatic carbocycles. The molecule has 6 nitrogen and oxygen atoms in total. The molecular formula is C16H24N6. The summed E-state index contributed by atoms with van der Waals surface area (Å²) in [5, 5.41) is 8.29. The summed E-state index contributed by atoms with van der Waals surface area (Å²) in [6.07, 6.45) is 5.94. The molecule has 118 valence electrons. The summed E-state index contributed by atoms with van der Waals surface area (Å²) in [4.78, 5) is 11.5. The second-order valence-corrected chi connectivity index (χ2v) is 7.07. The van der Waals surface area contributed by atoms with E-state index in [9.17, 15) is 0 Å². The van der Waals surface area contributed by atoms with Crippen LogP contribution in [-0.2, 0) is 12.5 Å². The minimum atomic E-state index is -0.0329. The molecule has 1 saturated heterocycles. The topological polar surface area (TPSA) is 59.7 Å². The van der Waals surface area contributed by atoms with Crippen LogP contribution in [-0.4, -0.2) is 37.8 Å². The highest BCUT2D eigenvalue weighted by Crippen LogP contribution is 2.28. The van der Waals surface area contributed by atoms with Gasteiger partial charge in [-0.2, -0.15) is 0 Å². The Labute approximate surface area is 131 Å². The monoisotopic (exact) mass is 300 g/mol. The summed E-state index contributed by atoms with van der Waals surface area (Å²) < 4.78 is 2.02. The first kappa shape index (κ1) is 14.9. The molecule has 2 aromatic rings. The second-order valence-electron chi connectivity index (χ2n) is 7.07. The standard InChI is InChI=1S/C16H24N6/c1-16(2,3)15-17-8-7-13(19-15)22-9-5-6-12(10-22)14-20-18-11-21(14)4/h7-8,11-12H,5-6,9-10H2,1-4H3. The fourth-order valence-corrected chi connectivity index (χ4v) is 2.94. The van der Waals surface area contributed by atoms with E-state index in [1.807, 2.05) is 23.9 Å². The number of hydrogen-bond acceptors (Lipinski definition) is 5. The van der Waals surface area contributed by atoms with Crippen molar-refractivity contribution in [2.24, 2.45) is 7.05 Å². The lowest BCUT2D eigenvalue weighted by atomic mass is 9.95. The van der Waals surface area contributed by atoms with E-state index in [1.54, 1.807) is 6.33 Å². The van der Waals surface area contributed by atoms with E-state index in [-0.39, 0.29) is 5.41 Å². The van der Waals surface area contributed by atoms with Crippen molar-refractivity contribution in [3.63, 3.8) is 0 Å². The molecular weight excluding hydrogens is 276 g/mol. The van der Waals surface area contributed by atoms with Crippen LogP contribution in [0.3, 0.4) is 0 Å². The smallest absolute Gasteiger partial charge is 0.137 e. The molecule has 0 amide bonds. The summed E-state index contributed by atoms with van der Waals surface area (Å²) in [5.41, 5.74) is -0.0329. The van der Waals surface area contributed by atoms with E-state index >= 15 is 0 Å². The Bertz CT molecular complexity index is 642. The van der Waals surface area contributed by atoms with Gasteiger partial charge in [0.05, 0.1) is 0 Å². The number of rotatable bonds is 2. The molecule has 0 radical (unpaired) electrons. The van der Waals surface area contributed by atoms with Gasteiger partial charge in [-0.15, -0.1) is 10.2 Å². The molecule has 0 aliphatic carbocycles. The predicted molar refractivity (Wildman–Crippen MR) is 85.9 cm³/mol. The zero-order valence-electron chi connectivity index (χ0n) is 13.8. The number of anilines is 1. The van der Waals surface area contributed by atoms with Crippen LogP contribution in [0.4, 0.5) is 5.82 Å². The molecule has 3 rings (SSSR count). The third kappa shape index (κ3) is 2.96. The number of nitrogens with zero attached hydrogens (tertiary/aromatic N) is 6. The number of aromatic nitrogens is 5. The first-order valence-electron chi connectivity index (χ1n) is 7.87. The van der Waals surface area contributed by atoms with E-state index in [0.29, 0.717) is 5.92 Å². The van der Waals surface area contributed by atoms with Crippen LogP contribution < -0.4 is 4.90 Å². The average Bonchev–Trinajstić information content (AvgIpc) is 2.93. The Hall–Kier alpha value is -1.98. The van der Waals surface area contributed by atoms with Crippen molar-refractivity contribution in [1.82, 2.24) is 24.7 Å². The first-order valence-corrected chi connectivity index (χ1v) is 7.87. The molecule has 1 aliphatic heterocycles. The van der Waals surface area contributed by atoms with Crippen molar-refractivity contribution in [2.45, 2.75) is 44.9 Å². The highest BCUT2D eigenvalue weighted by Gasteiger charge is 2.26. The van der Waals surface area contributed by atoms with Gasteiger partial charge in [0, 0.05) is 37.7 Å². The number of piperidine rings is 1. The highest BCUT2D eigenvalue weighted by molar-refractivity contribution is 5.39. The van der Waals surface area contributed by atoms with Crippen LogP contribution in [0.25, 0.3) is 0 Å². The molecule has 1 aliphatic rings. The minimum absolute atomic E-state index is 0.0329. The molecule has 1 fully saturated rings. The largest absolute Gasteiger partial charge is 0.356 e. The van der Waals surface area contributed by atoms with Crippen LogP contribution in [0.2, 0.25) is 0 Å². The first-order chi connectivity index (χ1) is 10.4. The van der Waals surface area contributed by atoms with Crippen LogP contribution in [0.15, 0.2) is 18.6 Å². The van der Waals surface area contributed by atoms with Crippen molar-refractivity contribution in [1.29, 1.82) is 0 Å². The Morgan fingerprint density at radius 1 is 1.27 bits per heavy atom. The molecule has 6 heteroatoms. The molecule has 3 heterocycles. The maximum atomic E-state index is 4.78. The van der Waals surface area contributed by atoms with Crippen molar-refractivity contribution in [3.8, 4) is 0 Å². The summed E-state index contributed by atoms with van der Waals surface area (Å²) in [6, 6.07) is 2.01. The van der Waals surface area contributed by atoms with E-state index in [2.05, 4.69) is 40.9 Å². The lowest BCUT2D eigenvalue weighted by Crippen LogP contribution is -2.36. The van der Waals surface area contributed by atoms with Gasteiger partial charge in [0.2, 0.25) is 0 Å². The Kier molecular flexibility index (Phi) is 3.85. The van der Waals surface area contributed by atoms with Gasteiger partial charge in [0.15, 0.2) is 0 Å². The summed E-state index contributed by atoms with van der Waals surface area (Å²) in [5.74, 6) is 3.39. The van der Waals surface area contributed by atoms with Gasteiger partial charge in [-0.25, -0.2) is 9.97 Å². The minimum Gasteiger partial charge on any atom is -0.356 e. The lowest BCUT2D eigenvalue weighted by Gasteiger charge is -2.33. The Morgan fingerprint density at radius 3 is 2.77 bits per heavy atom. The maximum Gasteiger partial charge on any atom is 0.137 e. The molecule has 0 spiro atoms. The molecule has 0 saturated carbocycles. The van der Waals surface area contributed by atoms with Crippen LogP contribution >= 0.6 is 0 Å². The third-order valence-electron chi connectivity index (χ3n) is 4.17. The fraction of sp³-hybridized carbons (Fsp3) is 0.625. The van der Waals surface area contributed by atoms with Gasteiger partial charge < -0.3 is 9.47 Å². The van der Waals surface area contributed by atoms with Crippen molar-refractivity contribution >= 4 is 5.82 Å². The SMILES string of the molecule is Cn1cnnc1C1CCCN(c2ccnc(C(C)(C)C)n2)C1. The van der Waals surface area contributed by atoms with Gasteiger partial charge >= 0.3 is 0 Å². The summed E-state index contributed by atoms with van der Waals surface area (Å²) >= 11 is 0.